The van der Waals surface area contributed by atoms with Crippen LogP contribution >= 0.6 is 0 Å². The molecule has 0 fully saturated rings. The molecule has 0 aliphatic rings. The molecule has 0 saturated heterocycles. The smallest absolute Gasteiger partial charge is 0.387 e. The fraction of sp³-hybridized carbons (Fsp3) is 0.125. The summed E-state index contributed by atoms with van der Waals surface area (Å²) in [6.45, 7) is 0. The van der Waals surface area contributed by atoms with E-state index in [9.17, 15) is 18.0 Å². The maximum atomic E-state index is 11.9. The summed E-state index contributed by atoms with van der Waals surface area (Å²) in [4.78, 5) is 13.6. The molecule has 2 N–H and O–H groups in total. The number of anilines is 1. The van der Waals surface area contributed by atoms with Gasteiger partial charge in [-0.25, -0.2) is 0 Å². The maximum Gasteiger partial charge on any atom is 0.574 e. The fourth-order valence-electron chi connectivity index (χ4n) is 0.891. The maximum absolute atomic E-state index is 11.9. The molecule has 0 bridgehead atoms. The molecule has 0 aromatic carbocycles. The third kappa shape index (κ3) is 2.60. The van der Waals surface area contributed by atoms with Gasteiger partial charge in [-0.05, 0) is 6.07 Å². The molecule has 0 amide bonds. The zero-order chi connectivity index (χ0) is 12.3. The highest BCUT2D eigenvalue weighted by atomic mass is 19.4. The first-order valence-corrected chi connectivity index (χ1v) is 3.79. The minimum absolute atomic E-state index is 0.0916. The van der Waals surface area contributed by atoms with Gasteiger partial charge in [-0.1, -0.05) is 0 Å². The third-order valence-electron chi connectivity index (χ3n) is 1.50. The average Bonchev–Trinajstić information content (AvgIpc) is 2.16. The van der Waals surface area contributed by atoms with Crippen molar-refractivity contribution in [2.45, 2.75) is 6.36 Å². The molecule has 0 aliphatic carbocycles. The molecule has 0 aliphatic heterocycles. The summed E-state index contributed by atoms with van der Waals surface area (Å²) in [5, 5.41) is 8.51. The molecule has 0 radical (unpaired) electrons. The second-order valence-corrected chi connectivity index (χ2v) is 2.59. The molecule has 5 nitrogen and oxygen atoms in total. The quantitative estimate of drug-likeness (QED) is 0.773. The van der Waals surface area contributed by atoms with Crippen LogP contribution in [-0.2, 0) is 0 Å². The van der Waals surface area contributed by atoms with E-state index in [1.54, 1.807) is 6.07 Å². The summed E-state index contributed by atoms with van der Waals surface area (Å²) in [7, 11) is 0. The predicted molar refractivity (Wildman–Crippen MR) is 45.4 cm³/mol. The Bertz CT molecular complexity index is 465. The number of ether oxygens (including phenoxy) is 1. The molecule has 1 rings (SSSR count). The van der Waals surface area contributed by atoms with Gasteiger partial charge in [-0.15, -0.1) is 13.2 Å². The van der Waals surface area contributed by atoms with Gasteiger partial charge in [-0.3, -0.25) is 4.79 Å². The van der Waals surface area contributed by atoms with Crippen molar-refractivity contribution in [1.82, 2.24) is 4.98 Å². The minimum Gasteiger partial charge on any atom is -0.387 e. The first kappa shape index (κ1) is 11.8. The van der Waals surface area contributed by atoms with Crippen LogP contribution < -0.4 is 10.5 Å². The van der Waals surface area contributed by atoms with E-state index in [1.807, 2.05) is 0 Å². The Hall–Kier alpha value is -2.30. The van der Waals surface area contributed by atoms with E-state index in [4.69, 9.17) is 11.0 Å². The van der Waals surface area contributed by atoms with Crippen LogP contribution in [0.4, 0.5) is 19.0 Å². The Kier molecular flexibility index (Phi) is 2.99. The average molecular weight is 231 g/mol. The number of pyridine rings is 1. The van der Waals surface area contributed by atoms with E-state index < -0.39 is 23.6 Å². The molecular weight excluding hydrogens is 227 g/mol. The zero-order valence-corrected chi connectivity index (χ0v) is 7.58. The number of nitriles is 1. The lowest BCUT2D eigenvalue weighted by molar-refractivity contribution is -0.276. The van der Waals surface area contributed by atoms with Crippen molar-refractivity contribution in [3.05, 3.63) is 17.2 Å². The van der Waals surface area contributed by atoms with Gasteiger partial charge in [0.15, 0.2) is 6.29 Å². The Labute approximate surface area is 87.3 Å². The fourth-order valence-corrected chi connectivity index (χ4v) is 0.891. The topological polar surface area (TPSA) is 89.0 Å². The summed E-state index contributed by atoms with van der Waals surface area (Å²) in [5.41, 5.74) is 4.48. The van der Waals surface area contributed by atoms with E-state index in [2.05, 4.69) is 9.72 Å². The van der Waals surface area contributed by atoms with Crippen LogP contribution in [0, 0.1) is 11.3 Å². The van der Waals surface area contributed by atoms with Crippen molar-refractivity contribution in [3.63, 3.8) is 0 Å². The zero-order valence-electron chi connectivity index (χ0n) is 7.58. The number of nitrogens with zero attached hydrogens (tertiary/aromatic N) is 2. The van der Waals surface area contributed by atoms with Gasteiger partial charge in [0.25, 0.3) is 0 Å². The minimum atomic E-state index is -4.98. The number of rotatable bonds is 2. The van der Waals surface area contributed by atoms with Crippen molar-refractivity contribution in [3.8, 4) is 11.9 Å². The van der Waals surface area contributed by atoms with Crippen LogP contribution in [-0.4, -0.2) is 17.6 Å². The first-order chi connectivity index (χ1) is 7.37. The number of hydrogen-bond donors (Lipinski definition) is 1. The van der Waals surface area contributed by atoms with Gasteiger partial charge < -0.3 is 10.5 Å². The molecule has 8 heteroatoms. The molecular formula is C8H4F3N3O2. The first-order valence-electron chi connectivity index (χ1n) is 3.79. The Balaban J connectivity index is 3.25. The third-order valence-corrected chi connectivity index (χ3v) is 1.50. The van der Waals surface area contributed by atoms with Crippen LogP contribution in [0.3, 0.4) is 0 Å². The van der Waals surface area contributed by atoms with Crippen LogP contribution in [0.2, 0.25) is 0 Å². The lowest BCUT2D eigenvalue weighted by Gasteiger charge is -2.10. The van der Waals surface area contributed by atoms with Crippen LogP contribution in [0.25, 0.3) is 0 Å². The van der Waals surface area contributed by atoms with Gasteiger partial charge in [0.2, 0.25) is 5.88 Å². The second-order valence-electron chi connectivity index (χ2n) is 2.59. The van der Waals surface area contributed by atoms with E-state index in [1.165, 1.54) is 0 Å². The molecule has 0 unspecified atom stereocenters. The number of halogens is 3. The number of alkyl halides is 3. The summed E-state index contributed by atoms with van der Waals surface area (Å²) in [5.74, 6) is -1.41. The van der Waals surface area contributed by atoms with E-state index in [0.717, 1.165) is 6.07 Å². The second kappa shape index (κ2) is 4.06. The number of aldehydes is 1. The molecule has 0 spiro atoms. The molecule has 0 saturated carbocycles. The summed E-state index contributed by atoms with van der Waals surface area (Å²) in [6, 6.07) is 2.45. The highest BCUT2D eigenvalue weighted by molar-refractivity contribution is 5.80. The highest BCUT2D eigenvalue weighted by Gasteiger charge is 2.33. The summed E-state index contributed by atoms with van der Waals surface area (Å²) in [6.07, 6.45) is -4.89. The van der Waals surface area contributed by atoms with Gasteiger partial charge in [0.05, 0.1) is 11.1 Å². The van der Waals surface area contributed by atoms with Crippen molar-refractivity contribution in [1.29, 1.82) is 5.26 Å². The standard InChI is InChI=1S/C8H4F3N3O2/c9-8(10,11)16-7-5(3-15)1-4(2-12)6(13)14-7/h1,3H,(H2,13,14). The number of nitrogens with two attached hydrogens (primary N) is 1. The Morgan fingerprint density at radius 2 is 2.19 bits per heavy atom. The SMILES string of the molecule is N#Cc1cc(C=O)c(OC(F)(F)F)nc1N. The molecule has 0 atom stereocenters. The van der Waals surface area contributed by atoms with Gasteiger partial charge >= 0.3 is 6.36 Å². The van der Waals surface area contributed by atoms with Crippen molar-refractivity contribution in [2.24, 2.45) is 0 Å². The summed E-state index contributed by atoms with van der Waals surface area (Å²) >= 11 is 0. The van der Waals surface area contributed by atoms with Gasteiger partial charge in [0, 0.05) is 0 Å². The largest absolute Gasteiger partial charge is 0.574 e. The lowest BCUT2D eigenvalue weighted by atomic mass is 10.2. The highest BCUT2D eigenvalue weighted by Crippen LogP contribution is 2.26. The predicted octanol–water partition coefficient (Wildman–Crippen LogP) is 1.25. The van der Waals surface area contributed by atoms with Crippen LogP contribution in [0.5, 0.6) is 5.88 Å². The van der Waals surface area contributed by atoms with Gasteiger partial charge in [-0.2, -0.15) is 10.2 Å². The van der Waals surface area contributed by atoms with Crippen molar-refractivity contribution < 1.29 is 22.7 Å². The number of carbonyl (C=O) groups is 1. The number of aromatic nitrogens is 1. The molecule has 1 aromatic rings. The van der Waals surface area contributed by atoms with Crippen LogP contribution in [0.1, 0.15) is 15.9 Å². The van der Waals surface area contributed by atoms with E-state index >= 15 is 0 Å². The van der Waals surface area contributed by atoms with E-state index in [0.29, 0.717) is 0 Å². The van der Waals surface area contributed by atoms with Gasteiger partial charge in [0.1, 0.15) is 11.9 Å². The number of carbonyl (C=O) groups excluding carboxylic acids is 1. The molecule has 16 heavy (non-hydrogen) atoms. The van der Waals surface area contributed by atoms with Crippen molar-refractivity contribution in [2.75, 3.05) is 5.73 Å². The molecule has 1 aromatic heterocycles. The monoisotopic (exact) mass is 231 g/mol. The van der Waals surface area contributed by atoms with Crippen LogP contribution in [0.15, 0.2) is 6.07 Å². The Morgan fingerprint density at radius 1 is 1.56 bits per heavy atom. The summed E-state index contributed by atoms with van der Waals surface area (Å²) < 4.78 is 39.1. The molecule has 84 valence electrons. The molecule has 1 heterocycles. The number of nitrogen functional groups attached to an aromatic ring is 1. The Morgan fingerprint density at radius 3 is 2.62 bits per heavy atom. The lowest BCUT2D eigenvalue weighted by Crippen LogP contribution is -2.19. The normalized spacial score (nSPS) is 10.6. The van der Waals surface area contributed by atoms with E-state index in [-0.39, 0.29) is 11.8 Å². The number of hydrogen-bond acceptors (Lipinski definition) is 5. The van der Waals surface area contributed by atoms with Crippen molar-refractivity contribution >= 4 is 12.1 Å².